The van der Waals surface area contributed by atoms with Crippen LogP contribution in [0.15, 0.2) is 18.2 Å². The SMILES string of the molecule is CCCCc1cc(CN)ccc1F. The molecular weight excluding hydrogens is 165 g/mol. The Balaban J connectivity index is 2.78. The lowest BCUT2D eigenvalue weighted by Crippen LogP contribution is -1.99. The number of halogens is 1. The molecular formula is C11H16FN. The van der Waals surface area contributed by atoms with Crippen LogP contribution in [-0.2, 0) is 13.0 Å². The number of aryl methyl sites for hydroxylation is 1. The van der Waals surface area contributed by atoms with Crippen LogP contribution in [0.5, 0.6) is 0 Å². The monoisotopic (exact) mass is 181 g/mol. The van der Waals surface area contributed by atoms with Gasteiger partial charge in [-0.05, 0) is 30.0 Å². The van der Waals surface area contributed by atoms with Crippen LogP contribution < -0.4 is 5.73 Å². The third-order valence-electron chi connectivity index (χ3n) is 2.15. The molecule has 0 aliphatic carbocycles. The molecule has 2 heteroatoms. The highest BCUT2D eigenvalue weighted by Crippen LogP contribution is 2.13. The summed E-state index contributed by atoms with van der Waals surface area (Å²) in [6.45, 7) is 2.59. The van der Waals surface area contributed by atoms with Crippen LogP contribution in [0.1, 0.15) is 30.9 Å². The molecule has 0 aliphatic heterocycles. The quantitative estimate of drug-likeness (QED) is 0.759. The standard InChI is InChI=1S/C11H16FN/c1-2-3-4-10-7-9(8-13)5-6-11(10)12/h5-7H,2-4,8,13H2,1H3. The van der Waals surface area contributed by atoms with Gasteiger partial charge in [0.1, 0.15) is 5.82 Å². The van der Waals surface area contributed by atoms with E-state index in [0.717, 1.165) is 30.4 Å². The number of hydrogen-bond donors (Lipinski definition) is 1. The summed E-state index contributed by atoms with van der Waals surface area (Å²) in [4.78, 5) is 0. The molecule has 0 aliphatic rings. The molecule has 72 valence electrons. The van der Waals surface area contributed by atoms with Crippen molar-refractivity contribution >= 4 is 0 Å². The minimum Gasteiger partial charge on any atom is -0.326 e. The number of benzene rings is 1. The van der Waals surface area contributed by atoms with Gasteiger partial charge in [-0.1, -0.05) is 25.5 Å². The summed E-state index contributed by atoms with van der Waals surface area (Å²) in [7, 11) is 0. The maximum absolute atomic E-state index is 13.2. The average molecular weight is 181 g/mol. The molecule has 1 aromatic carbocycles. The molecule has 0 radical (unpaired) electrons. The Morgan fingerprint density at radius 1 is 1.38 bits per heavy atom. The van der Waals surface area contributed by atoms with Gasteiger partial charge in [-0.25, -0.2) is 4.39 Å². The normalized spacial score (nSPS) is 10.4. The van der Waals surface area contributed by atoms with Gasteiger partial charge in [0.05, 0.1) is 0 Å². The fourth-order valence-corrected chi connectivity index (χ4v) is 1.31. The largest absolute Gasteiger partial charge is 0.326 e. The van der Waals surface area contributed by atoms with E-state index in [-0.39, 0.29) is 5.82 Å². The van der Waals surface area contributed by atoms with Gasteiger partial charge in [0, 0.05) is 6.54 Å². The summed E-state index contributed by atoms with van der Waals surface area (Å²) in [6, 6.07) is 5.11. The van der Waals surface area contributed by atoms with E-state index in [2.05, 4.69) is 6.92 Å². The smallest absolute Gasteiger partial charge is 0.126 e. The van der Waals surface area contributed by atoms with Gasteiger partial charge in [0.15, 0.2) is 0 Å². The van der Waals surface area contributed by atoms with Crippen LogP contribution in [-0.4, -0.2) is 0 Å². The molecule has 0 bridgehead atoms. The van der Waals surface area contributed by atoms with Crippen molar-refractivity contribution < 1.29 is 4.39 Å². The number of hydrogen-bond acceptors (Lipinski definition) is 1. The summed E-state index contributed by atoms with van der Waals surface area (Å²) >= 11 is 0. The van der Waals surface area contributed by atoms with Crippen molar-refractivity contribution in [3.05, 3.63) is 35.1 Å². The van der Waals surface area contributed by atoms with Crippen LogP contribution in [0, 0.1) is 5.82 Å². The van der Waals surface area contributed by atoms with E-state index in [4.69, 9.17) is 5.73 Å². The first-order chi connectivity index (χ1) is 6.27. The summed E-state index contributed by atoms with van der Waals surface area (Å²) in [5.74, 6) is -0.106. The molecule has 1 nitrogen and oxygen atoms in total. The topological polar surface area (TPSA) is 26.0 Å². The zero-order valence-electron chi connectivity index (χ0n) is 8.02. The molecule has 0 saturated carbocycles. The molecule has 1 rings (SSSR count). The van der Waals surface area contributed by atoms with Gasteiger partial charge in [-0.3, -0.25) is 0 Å². The van der Waals surface area contributed by atoms with Crippen molar-refractivity contribution in [2.75, 3.05) is 0 Å². The first-order valence-electron chi connectivity index (χ1n) is 4.75. The Kier molecular flexibility index (Phi) is 3.90. The fraction of sp³-hybridized carbons (Fsp3) is 0.455. The zero-order valence-corrected chi connectivity index (χ0v) is 8.02. The lowest BCUT2D eigenvalue weighted by atomic mass is 10.0. The van der Waals surface area contributed by atoms with E-state index < -0.39 is 0 Å². The molecule has 0 heterocycles. The molecule has 0 spiro atoms. The Bertz CT molecular complexity index is 271. The summed E-state index contributed by atoms with van der Waals surface area (Å²) in [5, 5.41) is 0. The molecule has 0 atom stereocenters. The van der Waals surface area contributed by atoms with Crippen LogP contribution in [0.4, 0.5) is 4.39 Å². The highest BCUT2D eigenvalue weighted by atomic mass is 19.1. The third kappa shape index (κ3) is 2.81. The lowest BCUT2D eigenvalue weighted by Gasteiger charge is -2.04. The lowest BCUT2D eigenvalue weighted by molar-refractivity contribution is 0.602. The van der Waals surface area contributed by atoms with Crippen molar-refractivity contribution in [2.45, 2.75) is 32.7 Å². The van der Waals surface area contributed by atoms with Gasteiger partial charge in [-0.15, -0.1) is 0 Å². The Labute approximate surface area is 78.8 Å². The van der Waals surface area contributed by atoms with E-state index in [0.29, 0.717) is 6.54 Å². The van der Waals surface area contributed by atoms with Gasteiger partial charge >= 0.3 is 0 Å². The predicted molar refractivity (Wildman–Crippen MR) is 52.9 cm³/mol. The van der Waals surface area contributed by atoms with Crippen molar-refractivity contribution in [1.29, 1.82) is 0 Å². The van der Waals surface area contributed by atoms with E-state index in [9.17, 15) is 4.39 Å². The van der Waals surface area contributed by atoms with Crippen LogP contribution in [0.3, 0.4) is 0 Å². The number of unbranched alkanes of at least 4 members (excludes halogenated alkanes) is 1. The van der Waals surface area contributed by atoms with E-state index in [1.807, 2.05) is 6.07 Å². The fourth-order valence-electron chi connectivity index (χ4n) is 1.31. The minimum absolute atomic E-state index is 0.106. The molecule has 0 unspecified atom stereocenters. The predicted octanol–water partition coefficient (Wildman–Crippen LogP) is 2.63. The minimum atomic E-state index is -0.106. The van der Waals surface area contributed by atoms with Crippen molar-refractivity contribution in [3.8, 4) is 0 Å². The first kappa shape index (κ1) is 10.2. The Hall–Kier alpha value is -0.890. The van der Waals surface area contributed by atoms with Gasteiger partial charge in [0.2, 0.25) is 0 Å². The van der Waals surface area contributed by atoms with Crippen LogP contribution in [0.25, 0.3) is 0 Å². The van der Waals surface area contributed by atoms with Gasteiger partial charge in [-0.2, -0.15) is 0 Å². The molecule has 13 heavy (non-hydrogen) atoms. The van der Waals surface area contributed by atoms with Crippen LogP contribution >= 0.6 is 0 Å². The summed E-state index contributed by atoms with van der Waals surface area (Å²) in [5.41, 5.74) is 7.28. The second-order valence-electron chi connectivity index (χ2n) is 3.23. The Morgan fingerprint density at radius 3 is 2.77 bits per heavy atom. The van der Waals surface area contributed by atoms with E-state index in [1.54, 1.807) is 6.07 Å². The molecule has 0 amide bonds. The molecule has 1 aromatic rings. The molecule has 2 N–H and O–H groups in total. The van der Waals surface area contributed by atoms with Crippen molar-refractivity contribution in [3.63, 3.8) is 0 Å². The summed E-state index contributed by atoms with van der Waals surface area (Å²) < 4.78 is 13.2. The molecule has 0 aromatic heterocycles. The van der Waals surface area contributed by atoms with Gasteiger partial charge in [0.25, 0.3) is 0 Å². The highest BCUT2D eigenvalue weighted by molar-refractivity contribution is 5.25. The number of nitrogens with two attached hydrogens (primary N) is 1. The van der Waals surface area contributed by atoms with Crippen molar-refractivity contribution in [1.82, 2.24) is 0 Å². The molecule has 0 saturated heterocycles. The maximum Gasteiger partial charge on any atom is 0.126 e. The number of rotatable bonds is 4. The maximum atomic E-state index is 13.2. The zero-order chi connectivity index (χ0) is 9.68. The second-order valence-corrected chi connectivity index (χ2v) is 3.23. The van der Waals surface area contributed by atoms with E-state index >= 15 is 0 Å². The molecule has 0 fully saturated rings. The third-order valence-corrected chi connectivity index (χ3v) is 2.15. The van der Waals surface area contributed by atoms with Crippen LogP contribution in [0.2, 0.25) is 0 Å². The Morgan fingerprint density at radius 2 is 2.15 bits per heavy atom. The summed E-state index contributed by atoms with van der Waals surface area (Å²) in [6.07, 6.45) is 2.94. The van der Waals surface area contributed by atoms with Gasteiger partial charge < -0.3 is 5.73 Å². The second kappa shape index (κ2) is 4.97. The average Bonchev–Trinajstić information content (AvgIpc) is 2.17. The first-order valence-corrected chi connectivity index (χ1v) is 4.75. The van der Waals surface area contributed by atoms with E-state index in [1.165, 1.54) is 6.07 Å². The van der Waals surface area contributed by atoms with Crippen molar-refractivity contribution in [2.24, 2.45) is 5.73 Å². The highest BCUT2D eigenvalue weighted by Gasteiger charge is 2.01.